The van der Waals surface area contributed by atoms with E-state index in [-0.39, 0.29) is 5.60 Å². The second-order valence-corrected chi connectivity index (χ2v) is 4.79. The summed E-state index contributed by atoms with van der Waals surface area (Å²) >= 11 is 1.42. The zero-order valence-electron chi connectivity index (χ0n) is 9.27. The SMILES string of the molecule is CCOC1(c2ncc(C=O)s2)CCOCC1. The number of thiazole rings is 1. The Hall–Kier alpha value is -0.780. The Kier molecular flexibility index (Phi) is 3.68. The van der Waals surface area contributed by atoms with Gasteiger partial charge >= 0.3 is 0 Å². The lowest BCUT2D eigenvalue weighted by Gasteiger charge is -2.35. The summed E-state index contributed by atoms with van der Waals surface area (Å²) in [5.41, 5.74) is -0.334. The van der Waals surface area contributed by atoms with Crippen molar-refractivity contribution >= 4 is 17.6 Å². The molecule has 1 aromatic heterocycles. The number of hydrogen-bond acceptors (Lipinski definition) is 5. The molecular formula is C11H15NO3S. The number of carbonyl (C=O) groups is 1. The van der Waals surface area contributed by atoms with Crippen molar-refractivity contribution in [2.75, 3.05) is 19.8 Å². The van der Waals surface area contributed by atoms with Crippen LogP contribution in [0.5, 0.6) is 0 Å². The highest BCUT2D eigenvalue weighted by molar-refractivity contribution is 7.13. The first-order valence-electron chi connectivity index (χ1n) is 5.44. The summed E-state index contributed by atoms with van der Waals surface area (Å²) in [6.45, 7) is 4.01. The highest BCUT2D eigenvalue weighted by Crippen LogP contribution is 2.37. The van der Waals surface area contributed by atoms with Gasteiger partial charge in [0.2, 0.25) is 0 Å². The minimum atomic E-state index is -0.334. The third-order valence-electron chi connectivity index (χ3n) is 2.75. The Morgan fingerprint density at radius 2 is 2.38 bits per heavy atom. The predicted octanol–water partition coefficient (Wildman–Crippen LogP) is 2.00. The van der Waals surface area contributed by atoms with Crippen molar-refractivity contribution in [1.29, 1.82) is 0 Å². The van der Waals surface area contributed by atoms with Crippen LogP contribution >= 0.6 is 11.3 Å². The van der Waals surface area contributed by atoms with E-state index in [2.05, 4.69) is 4.98 Å². The molecule has 1 saturated heterocycles. The summed E-state index contributed by atoms with van der Waals surface area (Å²) in [6, 6.07) is 0. The number of carbonyl (C=O) groups excluding carboxylic acids is 1. The third-order valence-corrected chi connectivity index (χ3v) is 3.86. The van der Waals surface area contributed by atoms with Crippen molar-refractivity contribution in [1.82, 2.24) is 4.98 Å². The van der Waals surface area contributed by atoms with Crippen molar-refractivity contribution < 1.29 is 14.3 Å². The van der Waals surface area contributed by atoms with Crippen molar-refractivity contribution in [3.63, 3.8) is 0 Å². The number of aldehydes is 1. The number of rotatable bonds is 4. The molecule has 1 aromatic rings. The number of hydrogen-bond donors (Lipinski definition) is 0. The van der Waals surface area contributed by atoms with Crippen LogP contribution in [0.3, 0.4) is 0 Å². The lowest BCUT2D eigenvalue weighted by atomic mass is 9.95. The van der Waals surface area contributed by atoms with Crippen LogP contribution in [0.25, 0.3) is 0 Å². The Morgan fingerprint density at radius 1 is 1.62 bits per heavy atom. The van der Waals surface area contributed by atoms with E-state index in [0.717, 1.165) is 24.1 Å². The van der Waals surface area contributed by atoms with Gasteiger partial charge in [-0.2, -0.15) is 0 Å². The maximum absolute atomic E-state index is 10.7. The van der Waals surface area contributed by atoms with E-state index < -0.39 is 0 Å². The predicted molar refractivity (Wildman–Crippen MR) is 60.9 cm³/mol. The highest BCUT2D eigenvalue weighted by atomic mass is 32.1. The van der Waals surface area contributed by atoms with Gasteiger partial charge in [-0.1, -0.05) is 0 Å². The van der Waals surface area contributed by atoms with E-state index in [4.69, 9.17) is 9.47 Å². The molecule has 5 heteroatoms. The molecule has 88 valence electrons. The molecule has 0 unspecified atom stereocenters. The smallest absolute Gasteiger partial charge is 0.161 e. The van der Waals surface area contributed by atoms with Crippen molar-refractivity contribution in [2.45, 2.75) is 25.4 Å². The second-order valence-electron chi connectivity index (χ2n) is 3.73. The first-order valence-corrected chi connectivity index (χ1v) is 6.25. The van der Waals surface area contributed by atoms with E-state index in [1.807, 2.05) is 6.92 Å². The van der Waals surface area contributed by atoms with Crippen LogP contribution in [0.4, 0.5) is 0 Å². The quantitative estimate of drug-likeness (QED) is 0.756. The highest BCUT2D eigenvalue weighted by Gasteiger charge is 2.37. The molecule has 0 saturated carbocycles. The van der Waals surface area contributed by atoms with E-state index >= 15 is 0 Å². The molecule has 0 amide bonds. The van der Waals surface area contributed by atoms with Gasteiger partial charge in [-0.3, -0.25) is 4.79 Å². The minimum absolute atomic E-state index is 0.334. The van der Waals surface area contributed by atoms with E-state index in [0.29, 0.717) is 24.7 Å². The van der Waals surface area contributed by atoms with Gasteiger partial charge < -0.3 is 9.47 Å². The van der Waals surface area contributed by atoms with Gasteiger partial charge in [0.1, 0.15) is 10.6 Å². The molecule has 16 heavy (non-hydrogen) atoms. The fraction of sp³-hybridized carbons (Fsp3) is 0.636. The molecule has 0 spiro atoms. The third kappa shape index (κ3) is 2.16. The molecule has 1 fully saturated rings. The lowest BCUT2D eigenvalue weighted by molar-refractivity contribution is -0.112. The zero-order chi connectivity index (χ0) is 11.4. The molecule has 0 atom stereocenters. The van der Waals surface area contributed by atoms with E-state index in [1.54, 1.807) is 6.20 Å². The molecular weight excluding hydrogens is 226 g/mol. The maximum Gasteiger partial charge on any atom is 0.161 e. The van der Waals surface area contributed by atoms with Gasteiger partial charge in [-0.25, -0.2) is 4.98 Å². The molecule has 4 nitrogen and oxygen atoms in total. The molecule has 1 aliphatic heterocycles. The average molecular weight is 241 g/mol. The van der Waals surface area contributed by atoms with Gasteiger partial charge in [-0.05, 0) is 6.92 Å². The fourth-order valence-electron chi connectivity index (χ4n) is 1.95. The molecule has 0 aliphatic carbocycles. The summed E-state index contributed by atoms with van der Waals surface area (Å²) in [5.74, 6) is 0. The minimum Gasteiger partial charge on any atom is -0.381 e. The second kappa shape index (κ2) is 5.03. The fourth-order valence-corrected chi connectivity index (χ4v) is 2.88. The van der Waals surface area contributed by atoms with Crippen LogP contribution < -0.4 is 0 Å². The molecule has 0 aromatic carbocycles. The van der Waals surface area contributed by atoms with Crippen molar-refractivity contribution in [3.05, 3.63) is 16.1 Å². The summed E-state index contributed by atoms with van der Waals surface area (Å²) in [7, 11) is 0. The maximum atomic E-state index is 10.7. The van der Waals surface area contributed by atoms with Crippen LogP contribution in [0.15, 0.2) is 6.20 Å². The summed E-state index contributed by atoms with van der Waals surface area (Å²) in [6.07, 6.45) is 4.07. The number of ether oxygens (including phenoxy) is 2. The first kappa shape index (κ1) is 11.7. The molecule has 0 radical (unpaired) electrons. The number of aromatic nitrogens is 1. The lowest BCUT2D eigenvalue weighted by Crippen LogP contribution is -2.36. The van der Waals surface area contributed by atoms with E-state index in [1.165, 1.54) is 11.3 Å². The van der Waals surface area contributed by atoms with Crippen LogP contribution in [0.2, 0.25) is 0 Å². The monoisotopic (exact) mass is 241 g/mol. The summed E-state index contributed by atoms with van der Waals surface area (Å²) < 4.78 is 11.2. The van der Waals surface area contributed by atoms with Gasteiger partial charge in [0.05, 0.1) is 4.88 Å². The molecule has 2 rings (SSSR count). The van der Waals surface area contributed by atoms with Crippen LogP contribution in [0, 0.1) is 0 Å². The van der Waals surface area contributed by atoms with Crippen LogP contribution in [-0.4, -0.2) is 31.1 Å². The molecule has 0 bridgehead atoms. The van der Waals surface area contributed by atoms with Gasteiger partial charge in [0.25, 0.3) is 0 Å². The van der Waals surface area contributed by atoms with Gasteiger partial charge in [0.15, 0.2) is 6.29 Å². The topological polar surface area (TPSA) is 48.4 Å². The van der Waals surface area contributed by atoms with Gasteiger partial charge in [0, 0.05) is 38.9 Å². The Balaban J connectivity index is 2.26. The average Bonchev–Trinajstić information content (AvgIpc) is 2.80. The largest absolute Gasteiger partial charge is 0.381 e. The molecule has 0 N–H and O–H groups in total. The number of nitrogens with zero attached hydrogens (tertiary/aromatic N) is 1. The Labute approximate surface area is 98.6 Å². The zero-order valence-corrected chi connectivity index (χ0v) is 10.1. The molecule has 2 heterocycles. The Morgan fingerprint density at radius 3 is 2.94 bits per heavy atom. The van der Waals surface area contributed by atoms with Crippen LogP contribution in [-0.2, 0) is 15.1 Å². The summed E-state index contributed by atoms with van der Waals surface area (Å²) in [5, 5.41) is 0.903. The van der Waals surface area contributed by atoms with Crippen molar-refractivity contribution in [3.8, 4) is 0 Å². The van der Waals surface area contributed by atoms with Gasteiger partial charge in [-0.15, -0.1) is 11.3 Å². The molecule has 1 aliphatic rings. The van der Waals surface area contributed by atoms with Crippen LogP contribution in [0.1, 0.15) is 34.4 Å². The van der Waals surface area contributed by atoms with E-state index in [9.17, 15) is 4.79 Å². The van der Waals surface area contributed by atoms with Crippen molar-refractivity contribution in [2.24, 2.45) is 0 Å². The Bertz CT molecular complexity index is 352. The standard InChI is InChI=1S/C11H15NO3S/c1-2-15-11(3-5-14-6-4-11)10-12-7-9(8-13)16-10/h7-8H,2-6H2,1H3. The summed E-state index contributed by atoms with van der Waals surface area (Å²) in [4.78, 5) is 15.6. The first-order chi connectivity index (χ1) is 7.80. The normalized spacial score (nSPS) is 19.6.